The summed E-state index contributed by atoms with van der Waals surface area (Å²) in [5, 5.41) is 3.29. The predicted molar refractivity (Wildman–Crippen MR) is 483 cm³/mol. The molecule has 8 aliphatic rings. The number of hydrogen-bond acceptors (Lipinski definition) is 17. The number of likely N-dealkylation sites (tertiary alicyclic amines) is 4. The van der Waals surface area contributed by atoms with Crippen molar-refractivity contribution in [1.29, 1.82) is 0 Å². The second-order valence-electron chi connectivity index (χ2n) is 36.2. The number of halogens is 4. The molecule has 21 nitrogen and oxygen atoms in total. The van der Waals surface area contributed by atoms with Gasteiger partial charge in [0, 0.05) is 171 Å². The quantitative estimate of drug-likeness (QED) is 0.0625. The highest BCUT2D eigenvalue weighted by atomic mass is 19.3. The standard InChI is InChI=1S/C27H36N2O3.C26H35N3O3.2C25H29F2NO4/c1-5-31-22-18-23(20-9-7-6-8-10-20)32-27(19-22)12-15-29(16-13-27)25(30)21-11-14-28-24(17-21)26(2,3)4;1-4-31-21-17-23(20-9-6-5-7-10-20)32-26(18-21)12-15-29(16-13-26)25(30)22-11-8-14-27-24(22)28-19(2)3;1-2-30-19-16-22(18-8-4-3-5-9-18)32-25(17-19)12-14-28(15-13-25)23(29)20-10-6-7-11-21(20)31-24(26)27;1-2-30-21-16-22(18-7-4-3-5-8-18)32-25(17-21)11-13-28(14-12-25)23(29)19-9-6-10-20(15-19)31-24(26)27/h6-11,14,17,22-23H,5,12-13,15-16,18-19H2,1-4H3;5-11,14,19,21,23H,4,12-13,15-18H2,1-3H3,(H,27,28);3-11,19,22,24H,2,12-17H2,1H3;3-10,15,21-22,24H,2,11-14,16-17H2,1H3. The first-order valence-corrected chi connectivity index (χ1v) is 46.1. The molecule has 2 aromatic heterocycles. The molecule has 25 heteroatoms. The molecular weight excluding hydrogens is 1640 g/mol. The van der Waals surface area contributed by atoms with Crippen molar-refractivity contribution in [1.82, 2.24) is 29.6 Å². The molecule has 0 bridgehead atoms. The molecule has 8 unspecified atom stereocenters. The van der Waals surface area contributed by atoms with E-state index in [1.54, 1.807) is 46.5 Å². The van der Waals surface area contributed by atoms with Crippen LogP contribution in [0.3, 0.4) is 0 Å². The number of nitrogens with zero attached hydrogens (tertiary/aromatic N) is 6. The zero-order chi connectivity index (χ0) is 90.4. The van der Waals surface area contributed by atoms with Gasteiger partial charge in [-0.1, -0.05) is 160 Å². The van der Waals surface area contributed by atoms with Crippen LogP contribution in [0.1, 0.15) is 259 Å². The number of carbonyl (C=O) groups excluding carboxylic acids is 4. The first-order chi connectivity index (χ1) is 61.8. The molecule has 0 aliphatic carbocycles. The molecule has 8 atom stereocenters. The van der Waals surface area contributed by atoms with Gasteiger partial charge in [-0.25, -0.2) is 4.98 Å². The van der Waals surface area contributed by atoms with Crippen LogP contribution in [-0.2, 0) is 43.3 Å². The van der Waals surface area contributed by atoms with Gasteiger partial charge in [-0.15, -0.1) is 0 Å². The predicted octanol–water partition coefficient (Wildman–Crippen LogP) is 20.6. The minimum Gasteiger partial charge on any atom is -0.435 e. The van der Waals surface area contributed by atoms with Crippen LogP contribution in [0.15, 0.2) is 207 Å². The summed E-state index contributed by atoms with van der Waals surface area (Å²) in [5.41, 5.74) is 6.22. The largest absolute Gasteiger partial charge is 0.435 e. The van der Waals surface area contributed by atoms with Crippen molar-refractivity contribution < 1.29 is 84.1 Å². The summed E-state index contributed by atoms with van der Waals surface area (Å²) in [5.74, 6) is 0.186. The van der Waals surface area contributed by atoms with Crippen LogP contribution < -0.4 is 14.8 Å². The van der Waals surface area contributed by atoms with Gasteiger partial charge < -0.3 is 72.3 Å². The smallest absolute Gasteiger partial charge is 0.387 e. The molecule has 4 spiro atoms. The van der Waals surface area contributed by atoms with Gasteiger partial charge in [-0.3, -0.25) is 24.2 Å². The van der Waals surface area contributed by atoms with Crippen molar-refractivity contribution in [3.63, 3.8) is 0 Å². The van der Waals surface area contributed by atoms with E-state index in [0.717, 1.165) is 99.4 Å². The van der Waals surface area contributed by atoms with Crippen LogP contribution in [0.4, 0.5) is 23.4 Å². The van der Waals surface area contributed by atoms with Crippen LogP contribution in [-0.4, -0.2) is 198 Å². The van der Waals surface area contributed by atoms with Gasteiger partial charge in [-0.05, 0) is 170 Å². The van der Waals surface area contributed by atoms with Gasteiger partial charge in [0.15, 0.2) is 0 Å². The SMILES string of the molecule is CCOC1CC(c2ccccc2)OC2(CCN(C(=O)c3cccc(OC(F)F)c3)CC2)C1.CCOC1CC(c2ccccc2)OC2(CCN(C(=O)c3ccccc3OC(F)F)CC2)C1.CCOC1CC(c2ccccc2)OC2(CCN(C(=O)c3cccnc3NC(C)C)CC2)C1.CCOC1CC(c2ccccc2)OC2(CCN(C(=O)c3ccnc(C(C)(C)C)c3)CC2)C1. The fourth-order valence-electron chi connectivity index (χ4n) is 19.5. The van der Waals surface area contributed by atoms with Crippen molar-refractivity contribution in [3.8, 4) is 11.5 Å². The second kappa shape index (κ2) is 44.7. The number of carbonyl (C=O) groups is 4. The highest BCUT2D eigenvalue weighted by molar-refractivity contribution is 5.99. The molecule has 6 aromatic carbocycles. The lowest BCUT2D eigenvalue weighted by molar-refractivity contribution is -0.191. The first-order valence-electron chi connectivity index (χ1n) is 46.1. The van der Waals surface area contributed by atoms with Gasteiger partial charge in [0.1, 0.15) is 17.3 Å². The first kappa shape index (κ1) is 95.9. The lowest BCUT2D eigenvalue weighted by Crippen LogP contribution is -2.52. The molecule has 16 rings (SSSR count). The van der Waals surface area contributed by atoms with Crippen molar-refractivity contribution >= 4 is 29.4 Å². The second-order valence-corrected chi connectivity index (χ2v) is 36.2. The van der Waals surface area contributed by atoms with Gasteiger partial charge in [0.2, 0.25) is 0 Å². The number of piperidine rings is 4. The Bertz CT molecular complexity index is 4660. The maximum absolute atomic E-state index is 13.3. The molecule has 688 valence electrons. The van der Waals surface area contributed by atoms with E-state index in [9.17, 15) is 36.7 Å². The number of pyridine rings is 2. The summed E-state index contributed by atoms with van der Waals surface area (Å²) < 4.78 is 110. The third-order valence-corrected chi connectivity index (χ3v) is 25.9. The Hall–Kier alpha value is -9.70. The molecule has 1 N–H and O–H groups in total. The van der Waals surface area contributed by atoms with E-state index >= 15 is 0 Å². The molecule has 8 aromatic rings. The van der Waals surface area contributed by atoms with Crippen molar-refractivity contribution in [2.45, 2.75) is 261 Å². The fraction of sp³-hybridized carbons (Fsp3) is 0.515. The number of para-hydroxylation sites is 1. The molecule has 0 saturated carbocycles. The lowest BCUT2D eigenvalue weighted by atomic mass is 9.80. The minimum atomic E-state index is -2.98. The molecule has 8 saturated heterocycles. The normalized spacial score (nSPS) is 22.9. The summed E-state index contributed by atoms with van der Waals surface area (Å²) in [7, 11) is 0. The number of anilines is 1. The Balaban J connectivity index is 0.000000146. The van der Waals surface area contributed by atoms with E-state index in [1.165, 1.54) is 35.4 Å². The lowest BCUT2D eigenvalue weighted by Gasteiger charge is -2.48. The number of hydrogen-bond donors (Lipinski definition) is 1. The van der Waals surface area contributed by atoms with Crippen molar-refractivity contribution in [2.75, 3.05) is 84.1 Å². The van der Waals surface area contributed by atoms with Gasteiger partial charge in [0.05, 0.1) is 82.4 Å². The zero-order valence-electron chi connectivity index (χ0n) is 75.7. The molecule has 10 heterocycles. The minimum absolute atomic E-state index is 0.0137. The zero-order valence-corrected chi connectivity index (χ0v) is 75.7. The van der Waals surface area contributed by atoms with E-state index in [0.29, 0.717) is 121 Å². The van der Waals surface area contributed by atoms with Gasteiger partial charge in [-0.2, -0.15) is 17.6 Å². The average molecular weight is 1770 g/mol. The van der Waals surface area contributed by atoms with E-state index in [4.69, 9.17) is 37.9 Å². The fourth-order valence-corrected chi connectivity index (χ4v) is 19.5. The third-order valence-electron chi connectivity index (χ3n) is 25.9. The maximum Gasteiger partial charge on any atom is 0.387 e. The summed E-state index contributed by atoms with van der Waals surface area (Å²) in [6.07, 6.45) is 16.9. The molecular formula is C103H129F4N7O14. The highest BCUT2D eigenvalue weighted by Gasteiger charge is 2.50. The number of aromatic nitrogens is 2. The Morgan fingerprint density at radius 2 is 0.734 bits per heavy atom. The van der Waals surface area contributed by atoms with E-state index in [1.807, 2.05) is 110 Å². The number of benzene rings is 6. The number of ether oxygens (including phenoxy) is 10. The van der Waals surface area contributed by atoms with Crippen LogP contribution in [0, 0.1) is 0 Å². The summed E-state index contributed by atoms with van der Waals surface area (Å²) in [4.78, 5) is 68.8. The number of amides is 4. The average Bonchev–Trinajstić information content (AvgIpc) is 0.785. The van der Waals surface area contributed by atoms with Crippen LogP contribution >= 0.6 is 0 Å². The number of nitrogens with one attached hydrogen (secondary N) is 1. The Labute approximate surface area is 752 Å². The summed E-state index contributed by atoms with van der Waals surface area (Å²) in [6, 6.07) is 61.0. The van der Waals surface area contributed by atoms with Crippen LogP contribution in [0.2, 0.25) is 0 Å². The molecule has 4 amide bonds. The monoisotopic (exact) mass is 1760 g/mol. The van der Waals surface area contributed by atoms with E-state index in [2.05, 4.69) is 132 Å². The maximum atomic E-state index is 13.3. The summed E-state index contributed by atoms with van der Waals surface area (Å²) >= 11 is 0. The van der Waals surface area contributed by atoms with E-state index < -0.39 is 13.2 Å². The van der Waals surface area contributed by atoms with Crippen LogP contribution in [0.25, 0.3) is 0 Å². The molecule has 8 aliphatic heterocycles. The topological polar surface area (TPSA) is 211 Å². The third kappa shape index (κ3) is 25.5. The van der Waals surface area contributed by atoms with Gasteiger partial charge >= 0.3 is 13.2 Å². The Kier molecular flexibility index (Phi) is 33.5. The number of alkyl halides is 4. The Morgan fingerprint density at radius 1 is 0.398 bits per heavy atom. The highest BCUT2D eigenvalue weighted by Crippen LogP contribution is 2.49. The molecule has 128 heavy (non-hydrogen) atoms. The van der Waals surface area contributed by atoms with Crippen molar-refractivity contribution in [3.05, 3.63) is 257 Å². The van der Waals surface area contributed by atoms with Crippen molar-refractivity contribution in [2.24, 2.45) is 0 Å². The van der Waals surface area contributed by atoms with E-state index in [-0.39, 0.29) is 123 Å². The summed E-state index contributed by atoms with van der Waals surface area (Å²) in [6.45, 7) is 20.2. The van der Waals surface area contributed by atoms with Gasteiger partial charge in [0.25, 0.3) is 23.6 Å². The molecule has 0 radical (unpaired) electrons. The van der Waals surface area contributed by atoms with Crippen LogP contribution in [0.5, 0.6) is 11.5 Å². The number of rotatable bonds is 22. The molecule has 8 fully saturated rings. The Morgan fingerprint density at radius 3 is 1.09 bits per heavy atom.